The van der Waals surface area contributed by atoms with Crippen molar-refractivity contribution in [3.05, 3.63) is 29.8 Å². The molecule has 1 atom stereocenters. The lowest BCUT2D eigenvalue weighted by Gasteiger charge is -2.11. The fourth-order valence-corrected chi connectivity index (χ4v) is 1.98. The SMILES string of the molecule is CCNCCNCC1Cc2ccccc2O1. The zero-order chi connectivity index (χ0) is 11.2. The Kier molecular flexibility index (Phi) is 4.19. The van der Waals surface area contributed by atoms with Gasteiger partial charge < -0.3 is 15.4 Å². The average molecular weight is 220 g/mol. The third-order valence-electron chi connectivity index (χ3n) is 2.81. The summed E-state index contributed by atoms with van der Waals surface area (Å²) in [6, 6.07) is 8.30. The van der Waals surface area contributed by atoms with Crippen molar-refractivity contribution in [1.82, 2.24) is 10.6 Å². The minimum atomic E-state index is 0.305. The number of hydrogen-bond donors (Lipinski definition) is 2. The van der Waals surface area contributed by atoms with Crippen molar-refractivity contribution in [3.8, 4) is 5.75 Å². The van der Waals surface area contributed by atoms with Gasteiger partial charge in [-0.25, -0.2) is 0 Å². The van der Waals surface area contributed by atoms with Crippen LogP contribution in [-0.4, -0.2) is 32.3 Å². The molecular weight excluding hydrogens is 200 g/mol. The largest absolute Gasteiger partial charge is 0.488 e. The van der Waals surface area contributed by atoms with Crippen LogP contribution in [0.1, 0.15) is 12.5 Å². The van der Waals surface area contributed by atoms with Crippen LogP contribution < -0.4 is 15.4 Å². The lowest BCUT2D eigenvalue weighted by atomic mass is 10.1. The molecule has 3 nitrogen and oxygen atoms in total. The lowest BCUT2D eigenvalue weighted by molar-refractivity contribution is 0.228. The Morgan fingerprint density at radius 3 is 2.88 bits per heavy atom. The molecule has 16 heavy (non-hydrogen) atoms. The van der Waals surface area contributed by atoms with Crippen molar-refractivity contribution >= 4 is 0 Å². The highest BCUT2D eigenvalue weighted by atomic mass is 16.5. The molecule has 1 aliphatic rings. The van der Waals surface area contributed by atoms with Gasteiger partial charge >= 0.3 is 0 Å². The van der Waals surface area contributed by atoms with E-state index in [1.54, 1.807) is 0 Å². The molecule has 0 amide bonds. The summed E-state index contributed by atoms with van der Waals surface area (Å²) in [5.41, 5.74) is 1.33. The van der Waals surface area contributed by atoms with E-state index in [4.69, 9.17) is 4.74 Å². The van der Waals surface area contributed by atoms with Crippen molar-refractivity contribution in [3.63, 3.8) is 0 Å². The zero-order valence-electron chi connectivity index (χ0n) is 9.83. The minimum absolute atomic E-state index is 0.305. The highest BCUT2D eigenvalue weighted by Gasteiger charge is 2.21. The summed E-state index contributed by atoms with van der Waals surface area (Å²) < 4.78 is 5.83. The summed E-state index contributed by atoms with van der Waals surface area (Å²) in [7, 11) is 0. The van der Waals surface area contributed by atoms with Gasteiger partial charge in [-0.1, -0.05) is 25.1 Å². The van der Waals surface area contributed by atoms with E-state index in [1.807, 2.05) is 12.1 Å². The van der Waals surface area contributed by atoms with E-state index in [9.17, 15) is 0 Å². The van der Waals surface area contributed by atoms with Gasteiger partial charge in [0.1, 0.15) is 11.9 Å². The molecule has 0 saturated heterocycles. The monoisotopic (exact) mass is 220 g/mol. The maximum atomic E-state index is 5.83. The molecule has 0 radical (unpaired) electrons. The fraction of sp³-hybridized carbons (Fsp3) is 0.538. The van der Waals surface area contributed by atoms with Crippen LogP contribution in [0, 0.1) is 0 Å². The summed E-state index contributed by atoms with van der Waals surface area (Å²) >= 11 is 0. The van der Waals surface area contributed by atoms with E-state index in [1.165, 1.54) is 5.56 Å². The number of ether oxygens (including phenoxy) is 1. The summed E-state index contributed by atoms with van der Waals surface area (Å²) in [6.07, 6.45) is 1.34. The van der Waals surface area contributed by atoms with E-state index in [2.05, 4.69) is 29.7 Å². The molecule has 1 aromatic carbocycles. The number of nitrogens with one attached hydrogen (secondary N) is 2. The topological polar surface area (TPSA) is 33.3 Å². The van der Waals surface area contributed by atoms with E-state index in [0.717, 1.165) is 38.3 Å². The zero-order valence-corrected chi connectivity index (χ0v) is 9.83. The van der Waals surface area contributed by atoms with Gasteiger partial charge in [0.05, 0.1) is 0 Å². The third kappa shape index (κ3) is 2.97. The Hall–Kier alpha value is -1.06. The molecule has 0 saturated carbocycles. The smallest absolute Gasteiger partial charge is 0.123 e. The van der Waals surface area contributed by atoms with Gasteiger partial charge in [0.25, 0.3) is 0 Å². The molecule has 1 unspecified atom stereocenters. The number of likely N-dealkylation sites (N-methyl/N-ethyl adjacent to an activating group) is 1. The first kappa shape index (κ1) is 11.4. The highest BCUT2D eigenvalue weighted by Crippen LogP contribution is 2.27. The van der Waals surface area contributed by atoms with Crippen LogP contribution in [-0.2, 0) is 6.42 Å². The Bertz CT molecular complexity index is 302. The number of hydrogen-bond acceptors (Lipinski definition) is 3. The summed E-state index contributed by atoms with van der Waals surface area (Å²) in [5.74, 6) is 1.06. The van der Waals surface area contributed by atoms with Crippen molar-refractivity contribution < 1.29 is 4.74 Å². The average Bonchev–Trinajstić information content (AvgIpc) is 2.71. The Morgan fingerprint density at radius 2 is 2.06 bits per heavy atom. The quantitative estimate of drug-likeness (QED) is 0.707. The van der Waals surface area contributed by atoms with Gasteiger partial charge in [0, 0.05) is 26.1 Å². The summed E-state index contributed by atoms with van der Waals surface area (Å²) in [5, 5.41) is 6.70. The number of para-hydroxylation sites is 1. The van der Waals surface area contributed by atoms with Crippen molar-refractivity contribution in [2.45, 2.75) is 19.4 Å². The van der Waals surface area contributed by atoms with E-state index in [-0.39, 0.29) is 0 Å². The first-order valence-electron chi connectivity index (χ1n) is 6.06. The Labute approximate surface area is 97.2 Å². The lowest BCUT2D eigenvalue weighted by Crippen LogP contribution is -2.34. The molecule has 0 aromatic heterocycles. The van der Waals surface area contributed by atoms with Crippen molar-refractivity contribution in [1.29, 1.82) is 0 Å². The molecule has 1 heterocycles. The Morgan fingerprint density at radius 1 is 1.25 bits per heavy atom. The molecule has 1 aromatic rings. The van der Waals surface area contributed by atoms with Crippen LogP contribution in [0.25, 0.3) is 0 Å². The molecule has 2 rings (SSSR count). The second kappa shape index (κ2) is 5.87. The maximum Gasteiger partial charge on any atom is 0.123 e. The van der Waals surface area contributed by atoms with Gasteiger partial charge in [0.15, 0.2) is 0 Å². The number of fused-ring (bicyclic) bond motifs is 1. The van der Waals surface area contributed by atoms with Crippen LogP contribution >= 0.6 is 0 Å². The minimum Gasteiger partial charge on any atom is -0.488 e. The third-order valence-corrected chi connectivity index (χ3v) is 2.81. The molecule has 1 aliphatic heterocycles. The van der Waals surface area contributed by atoms with Crippen molar-refractivity contribution in [2.24, 2.45) is 0 Å². The van der Waals surface area contributed by atoms with E-state index >= 15 is 0 Å². The Balaban J connectivity index is 1.67. The van der Waals surface area contributed by atoms with Crippen LogP contribution in [0.2, 0.25) is 0 Å². The van der Waals surface area contributed by atoms with Crippen LogP contribution in [0.3, 0.4) is 0 Å². The fourth-order valence-electron chi connectivity index (χ4n) is 1.98. The first-order valence-corrected chi connectivity index (χ1v) is 6.06. The van der Waals surface area contributed by atoms with Gasteiger partial charge in [-0.3, -0.25) is 0 Å². The molecule has 2 N–H and O–H groups in total. The highest BCUT2D eigenvalue weighted by molar-refractivity contribution is 5.37. The number of rotatable bonds is 6. The molecule has 88 valence electrons. The van der Waals surface area contributed by atoms with Gasteiger partial charge in [-0.05, 0) is 18.2 Å². The predicted molar refractivity (Wildman–Crippen MR) is 66.0 cm³/mol. The van der Waals surface area contributed by atoms with Gasteiger partial charge in [-0.15, -0.1) is 0 Å². The number of benzene rings is 1. The van der Waals surface area contributed by atoms with Gasteiger partial charge in [-0.2, -0.15) is 0 Å². The molecule has 0 fully saturated rings. The van der Waals surface area contributed by atoms with Crippen LogP contribution in [0.4, 0.5) is 0 Å². The predicted octanol–water partition coefficient (Wildman–Crippen LogP) is 1.19. The first-order chi connectivity index (χ1) is 7.90. The second-order valence-electron chi connectivity index (χ2n) is 4.11. The standard InChI is InChI=1S/C13H20N2O/c1-2-14-7-8-15-10-12-9-11-5-3-4-6-13(11)16-12/h3-6,12,14-15H,2,7-10H2,1H3. The molecule has 3 heteroatoms. The van der Waals surface area contributed by atoms with Gasteiger partial charge in [0.2, 0.25) is 0 Å². The normalized spacial score (nSPS) is 18.2. The summed E-state index contributed by atoms with van der Waals surface area (Å²) in [4.78, 5) is 0. The van der Waals surface area contributed by atoms with E-state index in [0.29, 0.717) is 6.10 Å². The molecule has 0 bridgehead atoms. The van der Waals surface area contributed by atoms with Crippen LogP contribution in [0.5, 0.6) is 5.75 Å². The van der Waals surface area contributed by atoms with Crippen LogP contribution in [0.15, 0.2) is 24.3 Å². The van der Waals surface area contributed by atoms with Crippen molar-refractivity contribution in [2.75, 3.05) is 26.2 Å². The van der Waals surface area contributed by atoms with E-state index < -0.39 is 0 Å². The second-order valence-corrected chi connectivity index (χ2v) is 4.11. The molecule has 0 aliphatic carbocycles. The molecule has 0 spiro atoms. The summed E-state index contributed by atoms with van der Waals surface area (Å²) in [6.45, 7) is 6.12. The molecular formula is C13H20N2O. The maximum absolute atomic E-state index is 5.83.